The van der Waals surface area contributed by atoms with E-state index in [0.29, 0.717) is 16.7 Å². The van der Waals surface area contributed by atoms with Gasteiger partial charge in [0.1, 0.15) is 5.75 Å². The molecule has 0 atom stereocenters. The average Bonchev–Trinajstić information content (AvgIpc) is 2.41. The van der Waals surface area contributed by atoms with E-state index >= 15 is 0 Å². The number of ether oxygens (including phenoxy) is 1. The summed E-state index contributed by atoms with van der Waals surface area (Å²) >= 11 is 0. The smallest absolute Gasteiger partial charge is 0.387 e. The molecule has 0 amide bonds. The van der Waals surface area contributed by atoms with Crippen molar-refractivity contribution < 1.29 is 18.3 Å². The van der Waals surface area contributed by atoms with Crippen LogP contribution in [-0.4, -0.2) is 12.4 Å². The molecule has 0 saturated heterocycles. The quantitative estimate of drug-likeness (QED) is 0.783. The summed E-state index contributed by atoms with van der Waals surface area (Å²) in [5.41, 5.74) is 1.40. The molecule has 0 unspecified atom stereocenters. The second-order valence-corrected chi connectivity index (χ2v) is 4.05. The van der Waals surface area contributed by atoms with E-state index < -0.39 is 6.61 Å². The standard InChI is InChI=1S/C15H12F2O2/c1-10-7-8-12(9-13(10)19-15(16)17)14(18)11-5-3-2-4-6-11/h2-9,15H,1H3. The molecule has 0 aliphatic carbocycles. The van der Waals surface area contributed by atoms with Crippen LogP contribution >= 0.6 is 0 Å². The van der Waals surface area contributed by atoms with Crippen molar-refractivity contribution in [2.24, 2.45) is 0 Å². The van der Waals surface area contributed by atoms with Gasteiger partial charge in [0.25, 0.3) is 0 Å². The van der Waals surface area contributed by atoms with Gasteiger partial charge in [0, 0.05) is 11.1 Å². The molecule has 0 aliphatic heterocycles. The van der Waals surface area contributed by atoms with Crippen LogP contribution in [0.15, 0.2) is 48.5 Å². The molecule has 0 heterocycles. The predicted molar refractivity (Wildman–Crippen MR) is 67.7 cm³/mol. The number of carbonyl (C=O) groups is 1. The van der Waals surface area contributed by atoms with E-state index in [1.807, 2.05) is 0 Å². The molecule has 0 N–H and O–H groups in total. The number of alkyl halides is 2. The number of benzene rings is 2. The van der Waals surface area contributed by atoms with Crippen molar-refractivity contribution >= 4 is 5.78 Å². The third kappa shape index (κ3) is 3.16. The lowest BCUT2D eigenvalue weighted by Crippen LogP contribution is -2.06. The zero-order chi connectivity index (χ0) is 13.8. The van der Waals surface area contributed by atoms with E-state index in [1.54, 1.807) is 49.4 Å². The fourth-order valence-electron chi connectivity index (χ4n) is 1.72. The molecule has 0 radical (unpaired) electrons. The Bertz CT molecular complexity index is 580. The first kappa shape index (κ1) is 13.2. The molecule has 0 saturated carbocycles. The molecule has 2 aromatic carbocycles. The molecule has 98 valence electrons. The topological polar surface area (TPSA) is 26.3 Å². The van der Waals surface area contributed by atoms with Crippen LogP contribution in [0, 0.1) is 6.92 Å². The van der Waals surface area contributed by atoms with Crippen LogP contribution in [0.2, 0.25) is 0 Å². The highest BCUT2D eigenvalue weighted by Crippen LogP contribution is 2.23. The third-order valence-corrected chi connectivity index (χ3v) is 2.70. The van der Waals surface area contributed by atoms with E-state index in [9.17, 15) is 13.6 Å². The minimum atomic E-state index is -2.90. The van der Waals surface area contributed by atoms with E-state index in [-0.39, 0.29) is 11.5 Å². The highest BCUT2D eigenvalue weighted by Gasteiger charge is 2.13. The maximum Gasteiger partial charge on any atom is 0.387 e. The Kier molecular flexibility index (Phi) is 3.90. The SMILES string of the molecule is Cc1ccc(C(=O)c2ccccc2)cc1OC(F)F. The summed E-state index contributed by atoms with van der Waals surface area (Å²) in [4.78, 5) is 12.2. The molecule has 0 aliphatic rings. The first-order valence-electron chi connectivity index (χ1n) is 5.73. The molecule has 4 heteroatoms. The van der Waals surface area contributed by atoms with Gasteiger partial charge in [-0.3, -0.25) is 4.79 Å². The summed E-state index contributed by atoms with van der Waals surface area (Å²) in [5, 5.41) is 0. The summed E-state index contributed by atoms with van der Waals surface area (Å²) in [7, 11) is 0. The maximum atomic E-state index is 12.2. The highest BCUT2D eigenvalue weighted by atomic mass is 19.3. The van der Waals surface area contributed by atoms with E-state index in [2.05, 4.69) is 4.74 Å². The van der Waals surface area contributed by atoms with Crippen LogP contribution < -0.4 is 4.74 Å². The van der Waals surface area contributed by atoms with Crippen molar-refractivity contribution in [3.05, 3.63) is 65.2 Å². The van der Waals surface area contributed by atoms with Crippen LogP contribution in [0.25, 0.3) is 0 Å². The number of hydrogen-bond donors (Lipinski definition) is 0. The van der Waals surface area contributed by atoms with Gasteiger partial charge in [-0.15, -0.1) is 0 Å². The first-order valence-corrected chi connectivity index (χ1v) is 5.73. The Hall–Kier alpha value is -2.23. The molecule has 0 fully saturated rings. The van der Waals surface area contributed by atoms with Gasteiger partial charge in [-0.25, -0.2) is 0 Å². The van der Waals surface area contributed by atoms with Gasteiger partial charge in [0.15, 0.2) is 5.78 Å². The van der Waals surface area contributed by atoms with Crippen LogP contribution in [0.5, 0.6) is 5.75 Å². The first-order chi connectivity index (χ1) is 9.08. The maximum absolute atomic E-state index is 12.2. The van der Waals surface area contributed by atoms with E-state index in [0.717, 1.165) is 0 Å². The third-order valence-electron chi connectivity index (χ3n) is 2.70. The van der Waals surface area contributed by atoms with Gasteiger partial charge in [0.2, 0.25) is 0 Å². The molecule has 2 aromatic rings. The van der Waals surface area contributed by atoms with E-state index in [4.69, 9.17) is 0 Å². The number of aryl methyl sites for hydroxylation is 1. The van der Waals surface area contributed by atoms with Gasteiger partial charge in [-0.05, 0) is 18.6 Å². The fraction of sp³-hybridized carbons (Fsp3) is 0.133. The van der Waals surface area contributed by atoms with E-state index in [1.165, 1.54) is 6.07 Å². The van der Waals surface area contributed by atoms with Crippen LogP contribution in [0.3, 0.4) is 0 Å². The molecule has 0 spiro atoms. The van der Waals surface area contributed by atoms with Crippen molar-refractivity contribution in [3.8, 4) is 5.75 Å². The second-order valence-electron chi connectivity index (χ2n) is 4.05. The van der Waals surface area contributed by atoms with Crippen LogP contribution in [0.4, 0.5) is 8.78 Å². The molecule has 19 heavy (non-hydrogen) atoms. The van der Waals surface area contributed by atoms with Gasteiger partial charge in [-0.2, -0.15) is 8.78 Å². The summed E-state index contributed by atoms with van der Waals surface area (Å²) in [6.45, 7) is -1.25. The van der Waals surface area contributed by atoms with Crippen molar-refractivity contribution in [3.63, 3.8) is 0 Å². The molecular formula is C15H12F2O2. The summed E-state index contributed by atoms with van der Waals surface area (Å²) in [6, 6.07) is 13.2. The Morgan fingerprint density at radius 2 is 1.74 bits per heavy atom. The lowest BCUT2D eigenvalue weighted by atomic mass is 10.0. The van der Waals surface area contributed by atoms with Gasteiger partial charge >= 0.3 is 6.61 Å². The normalized spacial score (nSPS) is 10.5. The zero-order valence-electron chi connectivity index (χ0n) is 10.3. The van der Waals surface area contributed by atoms with Gasteiger partial charge < -0.3 is 4.74 Å². The molecular weight excluding hydrogens is 250 g/mol. The van der Waals surface area contributed by atoms with Crippen molar-refractivity contribution in [2.75, 3.05) is 0 Å². The van der Waals surface area contributed by atoms with Crippen molar-refractivity contribution in [1.82, 2.24) is 0 Å². The number of hydrogen-bond acceptors (Lipinski definition) is 2. The van der Waals surface area contributed by atoms with Crippen molar-refractivity contribution in [1.29, 1.82) is 0 Å². The Balaban J connectivity index is 2.33. The molecule has 0 aromatic heterocycles. The number of ketones is 1. The average molecular weight is 262 g/mol. The van der Waals surface area contributed by atoms with Gasteiger partial charge in [0.05, 0.1) is 0 Å². The largest absolute Gasteiger partial charge is 0.435 e. The summed E-state index contributed by atoms with van der Waals surface area (Å²) in [5.74, 6) is -0.198. The van der Waals surface area contributed by atoms with Gasteiger partial charge in [-0.1, -0.05) is 42.5 Å². The Morgan fingerprint density at radius 3 is 2.37 bits per heavy atom. The number of rotatable bonds is 4. The molecule has 2 rings (SSSR count). The summed E-state index contributed by atoms with van der Waals surface area (Å²) in [6.07, 6.45) is 0. The highest BCUT2D eigenvalue weighted by molar-refractivity contribution is 6.09. The molecule has 0 bridgehead atoms. The van der Waals surface area contributed by atoms with Crippen LogP contribution in [-0.2, 0) is 0 Å². The lowest BCUT2D eigenvalue weighted by molar-refractivity contribution is -0.0503. The Labute approximate surface area is 109 Å². The molecule has 2 nitrogen and oxygen atoms in total. The summed E-state index contributed by atoms with van der Waals surface area (Å²) < 4.78 is 28.9. The minimum absolute atomic E-state index is 0.0248. The number of halogens is 2. The lowest BCUT2D eigenvalue weighted by Gasteiger charge is -2.09. The monoisotopic (exact) mass is 262 g/mol. The Morgan fingerprint density at radius 1 is 1.05 bits per heavy atom. The predicted octanol–water partition coefficient (Wildman–Crippen LogP) is 3.83. The minimum Gasteiger partial charge on any atom is -0.435 e. The second kappa shape index (κ2) is 5.61. The number of carbonyl (C=O) groups excluding carboxylic acids is 1. The van der Waals surface area contributed by atoms with Crippen molar-refractivity contribution in [2.45, 2.75) is 13.5 Å². The van der Waals surface area contributed by atoms with Crippen LogP contribution in [0.1, 0.15) is 21.5 Å². The fourth-order valence-corrected chi connectivity index (χ4v) is 1.72. The zero-order valence-corrected chi connectivity index (χ0v) is 10.3.